The Kier molecular flexibility index (Phi) is 64.5. The number of aliphatic hydroxyl groups excluding tert-OH is 1. The van der Waals surface area contributed by atoms with Gasteiger partial charge in [-0.1, -0.05) is 247 Å². The first kappa shape index (κ1) is 121. The van der Waals surface area contributed by atoms with E-state index in [-0.39, 0.29) is 90.5 Å². The van der Waals surface area contributed by atoms with E-state index >= 15 is 0 Å². The summed E-state index contributed by atoms with van der Waals surface area (Å²) in [5.74, 6) is -2.76. The molecule has 0 fully saturated rings. The van der Waals surface area contributed by atoms with Gasteiger partial charge >= 0.3 is 23.9 Å². The van der Waals surface area contributed by atoms with Crippen LogP contribution in [0.4, 0.5) is 0 Å². The number of fused-ring (bicyclic) bond motifs is 2. The number of nitrogens with two attached hydrogens (primary N) is 1. The molecule has 0 aliphatic carbocycles. The molecule has 0 aliphatic heterocycles. The number of halogens is 1. The number of esters is 4. The molecule has 0 bridgehead atoms. The van der Waals surface area contributed by atoms with E-state index in [0.29, 0.717) is 48.7 Å². The second-order valence-corrected chi connectivity index (χ2v) is 35.6. The third-order valence-electron chi connectivity index (χ3n) is 18.4. The topological polar surface area (TPSA) is 362 Å². The van der Waals surface area contributed by atoms with Gasteiger partial charge in [0.1, 0.15) is 44.7 Å². The summed E-state index contributed by atoms with van der Waals surface area (Å²) < 4.78 is 123. The van der Waals surface area contributed by atoms with Crippen molar-refractivity contribution in [2.75, 3.05) is 119 Å². The Morgan fingerprint density at radius 3 is 0.992 bits per heavy atom. The van der Waals surface area contributed by atoms with Crippen LogP contribution in [0.3, 0.4) is 0 Å². The Morgan fingerprint density at radius 1 is 0.385 bits per heavy atom. The van der Waals surface area contributed by atoms with Crippen molar-refractivity contribution in [1.82, 2.24) is 15.1 Å². The van der Waals surface area contributed by atoms with Crippen molar-refractivity contribution in [3.05, 3.63) is 234 Å². The van der Waals surface area contributed by atoms with Gasteiger partial charge in [0, 0.05) is 70.5 Å². The molecule has 724 valence electrons. The second kappa shape index (κ2) is 69.5. The number of benzene rings is 7. The highest BCUT2D eigenvalue weighted by Gasteiger charge is 2.27. The van der Waals surface area contributed by atoms with Gasteiger partial charge in [0.25, 0.3) is 35.2 Å². The number of carbonyl (C=O) groups is 6. The molecular formula is C99H145ClN4O23S3. The fourth-order valence-electron chi connectivity index (χ4n) is 10.5. The third-order valence-corrected chi connectivity index (χ3v) is 22.5. The highest BCUT2D eigenvalue weighted by Crippen LogP contribution is 2.23. The summed E-state index contributed by atoms with van der Waals surface area (Å²) in [5, 5.41) is 16.1. The van der Waals surface area contributed by atoms with Crippen LogP contribution in [-0.4, -0.2) is 219 Å². The van der Waals surface area contributed by atoms with Crippen LogP contribution >= 0.6 is 10.7 Å². The lowest BCUT2D eigenvalue weighted by Crippen LogP contribution is -2.42. The summed E-state index contributed by atoms with van der Waals surface area (Å²) in [7, 11) is -6.43. The summed E-state index contributed by atoms with van der Waals surface area (Å²) in [6, 6.07) is 45.1. The number of ether oxygens (including phenoxy) is 8. The Morgan fingerprint density at radius 2 is 0.677 bits per heavy atom. The maximum Gasteiger partial charge on any atom is 0.333 e. The Hall–Kier alpha value is -9.38. The van der Waals surface area contributed by atoms with Gasteiger partial charge in [0.05, 0.1) is 47.2 Å². The normalized spacial score (nSPS) is 11.8. The van der Waals surface area contributed by atoms with Gasteiger partial charge in [-0.15, -0.1) is 0 Å². The summed E-state index contributed by atoms with van der Waals surface area (Å²) >= 11 is 0. The lowest BCUT2D eigenvalue weighted by Gasteiger charge is -2.19. The summed E-state index contributed by atoms with van der Waals surface area (Å²) in [6.45, 7) is 56.4. The van der Waals surface area contributed by atoms with Gasteiger partial charge in [-0.2, -0.15) is 16.8 Å². The Balaban J connectivity index is 0.00000152. The highest BCUT2D eigenvalue weighted by molar-refractivity contribution is 8.13. The van der Waals surface area contributed by atoms with Crippen LogP contribution in [0.25, 0.3) is 21.5 Å². The number of primary amides is 1. The SMILES string of the molecule is C=C(C)C(=O)OCC(COCCCC)NC(=O)c1cccc2ccccc12.C=C(C)C(=O)OCC(COCCCC)OS(=O)(=O)c1ccc(C)cc1.C=C(C)C(=O)OCC(COCCCC)OS(=O)(=O)c1ccc(C)cc1.C=C(C)C(=O)OCC(O)COCCCC.CCN(CC)CC.CCN(CC)CC.Cc1ccc(S(=O)(=O)Cl)cc1.NC(=O)c1cccc2ccccc12. The largest absolute Gasteiger partial charge is 0.460 e. The third kappa shape index (κ3) is 53.8. The molecule has 31 heteroatoms. The zero-order valence-corrected chi connectivity index (χ0v) is 82.7. The average Bonchev–Trinajstić information content (AvgIpc) is 0.820. The van der Waals surface area contributed by atoms with Crippen LogP contribution in [0.1, 0.15) is 186 Å². The smallest absolute Gasteiger partial charge is 0.333 e. The molecule has 27 nitrogen and oxygen atoms in total. The molecule has 0 aromatic heterocycles. The van der Waals surface area contributed by atoms with E-state index < -0.39 is 77.5 Å². The molecule has 0 aliphatic rings. The average molecular weight is 1890 g/mol. The molecule has 130 heavy (non-hydrogen) atoms. The number of aliphatic hydroxyl groups is 1. The molecular weight excluding hydrogens is 1740 g/mol. The fraction of sp³-hybridized carbons (Fsp3) is 0.475. The van der Waals surface area contributed by atoms with Gasteiger partial charge in [-0.25, -0.2) is 27.6 Å². The predicted molar refractivity (Wildman–Crippen MR) is 517 cm³/mol. The number of unbranched alkanes of at least 4 members (excludes halogenated alkanes) is 4. The first-order chi connectivity index (χ1) is 61.6. The zero-order valence-electron chi connectivity index (χ0n) is 79.5. The standard InChI is InChI=1S/C22H27NO4.2C18H26O6S.C11H9NO.C11H20O4.C7H7ClO2S.2C6H15N/c1-4-5-13-26-14-18(15-27-22(25)16(2)3)23-21(24)20-12-8-10-17-9-6-7-11-19(17)20;2*1-5-6-11-22-12-16(13-23-18(19)14(2)3)24-25(20,21)17-9-7-15(4)8-10-17;12-11(13)10-7-3-5-8-4-1-2-6-9(8)10;1-4-5-6-14-7-10(12)8-15-11(13)9(2)3;1-6-2-4-7(5-3-6)11(8,9)10;2*1-4-7(5-2)6-3/h6-12,18H,2,4-5,13-15H2,1,3H3,(H,23,24);2*7-10,16H,2,5-6,11-13H2,1,3-4H3;1-7H,(H2,12,13);10,12H,2,4-8H2,1,3H3;2-5H,1H3;2*4-6H2,1-3H3. The monoisotopic (exact) mass is 1890 g/mol. The lowest BCUT2D eigenvalue weighted by molar-refractivity contribution is -0.143. The van der Waals surface area contributed by atoms with E-state index in [2.05, 4.69) is 96.8 Å². The van der Waals surface area contributed by atoms with E-state index in [4.69, 9.17) is 62.7 Å². The summed E-state index contributed by atoms with van der Waals surface area (Å²) in [4.78, 5) is 74.5. The van der Waals surface area contributed by atoms with E-state index in [1.165, 1.54) is 89.5 Å². The van der Waals surface area contributed by atoms with Gasteiger partial charge in [-0.3, -0.25) is 18.0 Å². The van der Waals surface area contributed by atoms with Crippen molar-refractivity contribution in [2.45, 2.75) is 208 Å². The van der Waals surface area contributed by atoms with Crippen LogP contribution in [0.2, 0.25) is 0 Å². The van der Waals surface area contributed by atoms with Crippen LogP contribution in [0.5, 0.6) is 0 Å². The molecule has 0 saturated heterocycles. The second-order valence-electron chi connectivity index (χ2n) is 29.9. The van der Waals surface area contributed by atoms with Crippen molar-refractivity contribution in [2.24, 2.45) is 5.73 Å². The van der Waals surface area contributed by atoms with Crippen molar-refractivity contribution < 1.29 is 105 Å². The minimum atomic E-state index is -3.98. The van der Waals surface area contributed by atoms with Gasteiger partial charge in [-0.05, 0) is 183 Å². The van der Waals surface area contributed by atoms with Crippen molar-refractivity contribution >= 4 is 97.2 Å². The first-order valence-electron chi connectivity index (χ1n) is 43.9. The molecule has 0 radical (unpaired) electrons. The van der Waals surface area contributed by atoms with Crippen LogP contribution in [0.15, 0.2) is 221 Å². The lowest BCUT2D eigenvalue weighted by atomic mass is 10.0. The molecule has 4 N–H and O–H groups in total. The van der Waals surface area contributed by atoms with E-state index in [0.717, 1.165) is 89.6 Å². The van der Waals surface area contributed by atoms with Crippen molar-refractivity contribution in [1.29, 1.82) is 0 Å². The summed E-state index contributed by atoms with van der Waals surface area (Å²) in [6.07, 6.45) is 5.00. The maximum absolute atomic E-state index is 12.8. The number of nitrogens with zero attached hydrogens (tertiary/aromatic N) is 2. The van der Waals surface area contributed by atoms with Gasteiger partial charge in [0.15, 0.2) is 0 Å². The minimum absolute atomic E-state index is 0.00849. The molecule has 0 spiro atoms. The predicted octanol–water partition coefficient (Wildman–Crippen LogP) is 17.7. The van der Waals surface area contributed by atoms with Gasteiger partial charge < -0.3 is 63.9 Å². The molecule has 2 amide bonds. The number of aryl methyl sites for hydroxylation is 3. The molecule has 4 unspecified atom stereocenters. The summed E-state index contributed by atoms with van der Waals surface area (Å²) in [5.41, 5.74) is 10.4. The fourth-order valence-corrected chi connectivity index (χ4v) is 13.3. The Labute approximate surface area is 779 Å². The number of nitrogens with one attached hydrogen (secondary N) is 1. The van der Waals surface area contributed by atoms with Crippen LogP contribution < -0.4 is 11.1 Å². The number of hydrogen-bond donors (Lipinski definition) is 3. The zero-order chi connectivity index (χ0) is 98.2. The number of rotatable bonds is 48. The van der Waals surface area contributed by atoms with Crippen molar-refractivity contribution in [3.63, 3.8) is 0 Å². The van der Waals surface area contributed by atoms with E-state index in [1.807, 2.05) is 107 Å². The quantitative estimate of drug-likeness (QED) is 0.00796. The molecule has 4 atom stereocenters. The molecule has 7 rings (SSSR count). The van der Waals surface area contributed by atoms with E-state index in [1.54, 1.807) is 62.4 Å². The van der Waals surface area contributed by atoms with Crippen LogP contribution in [0, 0.1) is 20.8 Å². The highest BCUT2D eigenvalue weighted by atomic mass is 35.7. The molecule has 0 saturated carbocycles. The first-order valence-corrected chi connectivity index (χ1v) is 49.0. The number of carbonyl (C=O) groups excluding carboxylic acids is 6. The Bertz CT molecular complexity index is 4680. The number of amides is 2. The minimum Gasteiger partial charge on any atom is -0.460 e. The number of hydrogen-bond acceptors (Lipinski definition) is 25. The molecule has 0 heterocycles. The molecule has 7 aromatic rings. The van der Waals surface area contributed by atoms with Crippen molar-refractivity contribution in [3.8, 4) is 0 Å². The van der Waals surface area contributed by atoms with Gasteiger partial charge in [0.2, 0.25) is 5.91 Å². The maximum atomic E-state index is 12.8. The van der Waals surface area contributed by atoms with Crippen LogP contribution in [-0.2, 0) is 94.7 Å². The van der Waals surface area contributed by atoms with E-state index in [9.17, 15) is 59.1 Å². The molecule has 7 aromatic carbocycles.